The van der Waals surface area contributed by atoms with Gasteiger partial charge in [0.2, 0.25) is 0 Å². The summed E-state index contributed by atoms with van der Waals surface area (Å²) < 4.78 is 17.9. The number of halogens is 1. The number of aryl methyl sites for hydroxylation is 1. The van der Waals surface area contributed by atoms with E-state index in [2.05, 4.69) is 15.4 Å². The van der Waals surface area contributed by atoms with Crippen molar-refractivity contribution in [2.45, 2.75) is 12.6 Å². The van der Waals surface area contributed by atoms with Gasteiger partial charge in [-0.1, -0.05) is 48.5 Å². The van der Waals surface area contributed by atoms with E-state index in [-0.39, 0.29) is 5.91 Å². The quantitative estimate of drug-likeness (QED) is 0.550. The van der Waals surface area contributed by atoms with E-state index in [1.807, 2.05) is 30.3 Å². The summed E-state index contributed by atoms with van der Waals surface area (Å²) in [6, 6.07) is 15.5. The van der Waals surface area contributed by atoms with Crippen molar-refractivity contribution in [3.63, 3.8) is 0 Å². The molecule has 1 atom stereocenters. The summed E-state index contributed by atoms with van der Waals surface area (Å²) in [5.74, 6) is -0.207. The molecule has 2 aromatic carbocycles. The number of amides is 1. The normalized spacial score (nSPS) is 11.9. The lowest BCUT2D eigenvalue weighted by Crippen LogP contribution is -2.31. The zero-order valence-corrected chi connectivity index (χ0v) is 15.9. The maximum Gasteiger partial charge on any atom is 0.255 e. The minimum absolute atomic E-state index is 0.347. The van der Waals surface area contributed by atoms with Crippen LogP contribution >= 0.6 is 0 Å². The largest absolute Gasteiger partial charge is 0.338 e. The first-order chi connectivity index (χ1) is 14.1. The minimum Gasteiger partial charge on any atom is -0.338 e. The molecule has 0 saturated heterocycles. The number of rotatable bonds is 6. The lowest BCUT2D eigenvalue weighted by molar-refractivity contribution is 0.0940. The molecule has 2 heterocycles. The van der Waals surface area contributed by atoms with Gasteiger partial charge < -0.3 is 9.88 Å². The Kier molecular flexibility index (Phi) is 5.20. The maximum atomic E-state index is 14.5. The Morgan fingerprint density at radius 1 is 1.14 bits per heavy atom. The van der Waals surface area contributed by atoms with E-state index in [9.17, 15) is 9.18 Å². The molecule has 1 amide bonds. The third-order valence-corrected chi connectivity index (χ3v) is 4.69. The molecule has 0 spiro atoms. The molecule has 0 saturated carbocycles. The monoisotopic (exact) mass is 389 g/mol. The minimum atomic E-state index is -0.721. The number of imidazole rings is 1. The van der Waals surface area contributed by atoms with Gasteiger partial charge in [0.1, 0.15) is 17.7 Å². The fraction of sp³-hybridized carbons (Fsp3) is 0.136. The molecule has 0 fully saturated rings. The molecule has 4 aromatic rings. The average Bonchev–Trinajstić information content (AvgIpc) is 3.37. The fourth-order valence-electron chi connectivity index (χ4n) is 3.20. The molecule has 4 rings (SSSR count). The maximum absolute atomic E-state index is 14.5. The first-order valence-corrected chi connectivity index (χ1v) is 9.20. The van der Waals surface area contributed by atoms with Crippen molar-refractivity contribution >= 4 is 5.91 Å². The van der Waals surface area contributed by atoms with Crippen molar-refractivity contribution in [1.29, 1.82) is 0 Å². The van der Waals surface area contributed by atoms with E-state index < -0.39 is 11.9 Å². The highest BCUT2D eigenvalue weighted by Crippen LogP contribution is 2.23. The fourth-order valence-corrected chi connectivity index (χ4v) is 3.20. The zero-order valence-electron chi connectivity index (χ0n) is 15.9. The van der Waals surface area contributed by atoms with Crippen LogP contribution in [0.15, 0.2) is 79.4 Å². The lowest BCUT2D eigenvalue weighted by atomic mass is 10.0. The van der Waals surface area contributed by atoms with Gasteiger partial charge in [-0.2, -0.15) is 5.10 Å². The first-order valence-electron chi connectivity index (χ1n) is 9.20. The molecule has 2 aromatic heterocycles. The first kappa shape index (κ1) is 18.6. The van der Waals surface area contributed by atoms with E-state index in [1.54, 1.807) is 53.1 Å². The second-order valence-electron chi connectivity index (χ2n) is 6.74. The van der Waals surface area contributed by atoms with Gasteiger partial charge in [0, 0.05) is 31.2 Å². The summed E-state index contributed by atoms with van der Waals surface area (Å²) in [7, 11) is 1.81. The van der Waals surface area contributed by atoms with Crippen LogP contribution in [0, 0.1) is 5.82 Å². The van der Waals surface area contributed by atoms with Crippen LogP contribution < -0.4 is 5.32 Å². The predicted octanol–water partition coefficient (Wildman–Crippen LogP) is 3.32. The number of hydrogen-bond donors (Lipinski definition) is 1. The Morgan fingerprint density at radius 3 is 2.62 bits per heavy atom. The Hall–Kier alpha value is -3.74. The van der Waals surface area contributed by atoms with Crippen molar-refractivity contribution in [2.75, 3.05) is 0 Å². The summed E-state index contributed by atoms with van der Waals surface area (Å²) in [4.78, 5) is 17.2. The van der Waals surface area contributed by atoms with Gasteiger partial charge in [0.15, 0.2) is 0 Å². The Balaban J connectivity index is 1.58. The molecule has 146 valence electrons. The van der Waals surface area contributed by atoms with Crippen LogP contribution in [0.5, 0.6) is 0 Å². The average molecular weight is 389 g/mol. The van der Waals surface area contributed by atoms with Crippen LogP contribution in [-0.4, -0.2) is 25.2 Å². The molecular weight excluding hydrogens is 369 g/mol. The van der Waals surface area contributed by atoms with Gasteiger partial charge in [-0.05, 0) is 11.6 Å². The third-order valence-electron chi connectivity index (χ3n) is 4.69. The number of carbonyl (C=O) groups is 1. The van der Waals surface area contributed by atoms with Gasteiger partial charge in [-0.25, -0.2) is 9.37 Å². The van der Waals surface area contributed by atoms with Gasteiger partial charge in [-0.3, -0.25) is 9.48 Å². The van der Waals surface area contributed by atoms with Gasteiger partial charge in [0.25, 0.3) is 5.91 Å². The van der Waals surface area contributed by atoms with Gasteiger partial charge in [-0.15, -0.1) is 0 Å². The topological polar surface area (TPSA) is 64.7 Å². The number of benzene rings is 2. The number of nitrogens with one attached hydrogen (secondary N) is 1. The van der Waals surface area contributed by atoms with Crippen molar-refractivity contribution in [1.82, 2.24) is 24.6 Å². The molecule has 0 radical (unpaired) electrons. The van der Waals surface area contributed by atoms with Crippen LogP contribution in [0.3, 0.4) is 0 Å². The summed E-state index contributed by atoms with van der Waals surface area (Å²) in [6.07, 6.45) is 6.56. The van der Waals surface area contributed by atoms with Crippen LogP contribution in [-0.2, 0) is 13.6 Å². The van der Waals surface area contributed by atoms with Crippen LogP contribution in [0.2, 0.25) is 0 Å². The molecule has 0 aliphatic heterocycles. The van der Waals surface area contributed by atoms with Gasteiger partial charge >= 0.3 is 0 Å². The molecule has 29 heavy (non-hydrogen) atoms. The van der Waals surface area contributed by atoms with E-state index >= 15 is 0 Å². The summed E-state index contributed by atoms with van der Waals surface area (Å²) >= 11 is 0. The highest BCUT2D eigenvalue weighted by Gasteiger charge is 2.24. The molecule has 0 aliphatic rings. The Labute approximate surface area is 167 Å². The second kappa shape index (κ2) is 8.10. The van der Waals surface area contributed by atoms with Crippen LogP contribution in [0.1, 0.15) is 33.4 Å². The smallest absolute Gasteiger partial charge is 0.255 e. The predicted molar refractivity (Wildman–Crippen MR) is 107 cm³/mol. The molecule has 6 nitrogen and oxygen atoms in total. The molecule has 0 unspecified atom stereocenters. The van der Waals surface area contributed by atoms with Crippen molar-refractivity contribution in [2.24, 2.45) is 7.05 Å². The summed E-state index contributed by atoms with van der Waals surface area (Å²) in [5.41, 5.74) is 1.84. The standard InChI is InChI=1S/C22H20FN5O/c1-27-12-11-24-21(27)20(18-9-5-6-10-19(18)23)26-22(29)17-13-25-28(15-17)14-16-7-3-2-4-8-16/h2-13,15,20H,14H2,1H3,(H,26,29)/t20-/m0/s1. The molecule has 0 aliphatic carbocycles. The van der Waals surface area contributed by atoms with Gasteiger partial charge in [0.05, 0.1) is 18.3 Å². The van der Waals surface area contributed by atoms with E-state index in [0.717, 1.165) is 5.56 Å². The van der Waals surface area contributed by atoms with E-state index in [0.29, 0.717) is 23.5 Å². The number of nitrogens with zero attached hydrogens (tertiary/aromatic N) is 4. The van der Waals surface area contributed by atoms with Crippen LogP contribution in [0.25, 0.3) is 0 Å². The molecular formula is C22H20FN5O. The second-order valence-corrected chi connectivity index (χ2v) is 6.74. The third kappa shape index (κ3) is 4.08. The van der Waals surface area contributed by atoms with Crippen molar-refractivity contribution in [3.8, 4) is 0 Å². The lowest BCUT2D eigenvalue weighted by Gasteiger charge is -2.19. The summed E-state index contributed by atoms with van der Waals surface area (Å²) in [6.45, 7) is 0.560. The SMILES string of the molecule is Cn1ccnc1[C@@H](NC(=O)c1cnn(Cc2ccccc2)c1)c1ccccc1F. The number of aromatic nitrogens is 4. The van der Waals surface area contributed by atoms with E-state index in [1.165, 1.54) is 12.3 Å². The summed E-state index contributed by atoms with van der Waals surface area (Å²) in [5, 5.41) is 7.17. The molecule has 0 bridgehead atoms. The van der Waals surface area contributed by atoms with Crippen molar-refractivity contribution in [3.05, 3.63) is 108 Å². The number of carbonyl (C=O) groups excluding carboxylic acids is 1. The molecule has 7 heteroatoms. The van der Waals surface area contributed by atoms with E-state index in [4.69, 9.17) is 0 Å². The number of hydrogen-bond acceptors (Lipinski definition) is 3. The highest BCUT2D eigenvalue weighted by atomic mass is 19.1. The zero-order chi connectivity index (χ0) is 20.2. The Bertz CT molecular complexity index is 1120. The Morgan fingerprint density at radius 2 is 1.90 bits per heavy atom. The van der Waals surface area contributed by atoms with Crippen molar-refractivity contribution < 1.29 is 9.18 Å². The van der Waals surface area contributed by atoms with Crippen LogP contribution in [0.4, 0.5) is 4.39 Å². The molecule has 1 N–H and O–H groups in total. The highest BCUT2D eigenvalue weighted by molar-refractivity contribution is 5.94.